The van der Waals surface area contributed by atoms with Crippen LogP contribution in [-0.2, 0) is 12.7 Å². The van der Waals surface area contributed by atoms with Gasteiger partial charge in [-0.3, -0.25) is 0 Å². The average molecular weight is 287 g/mol. The molecule has 1 aromatic carbocycles. The van der Waals surface area contributed by atoms with Gasteiger partial charge in [0, 0.05) is 19.1 Å². The standard InChI is InChI=1S/C13H16F3N3O/c14-13(15,16)10-3-1-9(2-4-10)7-18-12(20)19-11-5-6-17-8-11/h1-4,11,17H,5-8H2,(H2,18,19,20). The van der Waals surface area contributed by atoms with E-state index >= 15 is 0 Å². The molecule has 7 heteroatoms. The maximum absolute atomic E-state index is 12.4. The molecule has 1 fully saturated rings. The third-order valence-corrected chi connectivity index (χ3v) is 3.13. The van der Waals surface area contributed by atoms with Crippen LogP contribution in [0.5, 0.6) is 0 Å². The van der Waals surface area contributed by atoms with Crippen molar-refractivity contribution in [2.45, 2.75) is 25.2 Å². The Hall–Kier alpha value is -1.76. The van der Waals surface area contributed by atoms with E-state index in [4.69, 9.17) is 0 Å². The highest BCUT2D eigenvalue weighted by Crippen LogP contribution is 2.28. The van der Waals surface area contributed by atoms with E-state index < -0.39 is 11.7 Å². The second-order valence-electron chi connectivity index (χ2n) is 4.71. The van der Waals surface area contributed by atoms with Crippen molar-refractivity contribution in [1.29, 1.82) is 0 Å². The molecule has 0 bridgehead atoms. The molecule has 2 amide bonds. The molecule has 3 N–H and O–H groups in total. The number of carbonyl (C=O) groups excluding carboxylic acids is 1. The summed E-state index contributed by atoms with van der Waals surface area (Å²) in [7, 11) is 0. The van der Waals surface area contributed by atoms with Crippen LogP contribution < -0.4 is 16.0 Å². The molecule has 110 valence electrons. The van der Waals surface area contributed by atoms with Crippen LogP contribution in [-0.4, -0.2) is 25.2 Å². The van der Waals surface area contributed by atoms with E-state index in [0.29, 0.717) is 5.56 Å². The fourth-order valence-corrected chi connectivity index (χ4v) is 2.01. The molecule has 0 aromatic heterocycles. The lowest BCUT2D eigenvalue weighted by molar-refractivity contribution is -0.137. The molecule has 2 rings (SSSR count). The first-order chi connectivity index (χ1) is 9.45. The molecule has 0 radical (unpaired) electrons. The van der Waals surface area contributed by atoms with Crippen molar-refractivity contribution >= 4 is 6.03 Å². The fraction of sp³-hybridized carbons (Fsp3) is 0.462. The van der Waals surface area contributed by atoms with Crippen molar-refractivity contribution in [3.8, 4) is 0 Å². The predicted octanol–water partition coefficient (Wildman–Crippen LogP) is 1.87. The number of hydrogen-bond donors (Lipinski definition) is 3. The first-order valence-corrected chi connectivity index (χ1v) is 6.36. The number of urea groups is 1. The minimum atomic E-state index is -4.33. The van der Waals surface area contributed by atoms with Crippen LogP contribution in [0.15, 0.2) is 24.3 Å². The topological polar surface area (TPSA) is 53.2 Å². The Balaban J connectivity index is 1.80. The maximum Gasteiger partial charge on any atom is 0.416 e. The largest absolute Gasteiger partial charge is 0.416 e. The third-order valence-electron chi connectivity index (χ3n) is 3.13. The van der Waals surface area contributed by atoms with Crippen molar-refractivity contribution < 1.29 is 18.0 Å². The lowest BCUT2D eigenvalue weighted by Gasteiger charge is -2.13. The number of amides is 2. The molecule has 20 heavy (non-hydrogen) atoms. The number of rotatable bonds is 3. The van der Waals surface area contributed by atoms with Crippen LogP contribution in [0.4, 0.5) is 18.0 Å². The van der Waals surface area contributed by atoms with Crippen molar-refractivity contribution in [3.05, 3.63) is 35.4 Å². The van der Waals surface area contributed by atoms with E-state index in [1.807, 2.05) is 0 Å². The summed E-state index contributed by atoms with van der Waals surface area (Å²) in [4.78, 5) is 11.6. The van der Waals surface area contributed by atoms with Gasteiger partial charge in [0.15, 0.2) is 0 Å². The van der Waals surface area contributed by atoms with Crippen LogP contribution >= 0.6 is 0 Å². The van der Waals surface area contributed by atoms with E-state index in [1.165, 1.54) is 12.1 Å². The normalized spacial score (nSPS) is 18.9. The van der Waals surface area contributed by atoms with E-state index in [0.717, 1.165) is 31.6 Å². The number of benzene rings is 1. The highest BCUT2D eigenvalue weighted by atomic mass is 19.4. The minimum Gasteiger partial charge on any atom is -0.334 e. The SMILES string of the molecule is O=C(NCc1ccc(C(F)(F)F)cc1)NC1CCNC1. The molecule has 1 aliphatic rings. The van der Waals surface area contributed by atoms with Crippen LogP contribution in [0.1, 0.15) is 17.5 Å². The molecule has 1 aromatic rings. The van der Waals surface area contributed by atoms with Crippen LogP contribution in [0, 0.1) is 0 Å². The Morgan fingerprint density at radius 2 is 2.00 bits per heavy atom. The van der Waals surface area contributed by atoms with Gasteiger partial charge in [0.25, 0.3) is 0 Å². The molecule has 1 atom stereocenters. The Bertz CT molecular complexity index is 453. The third kappa shape index (κ3) is 4.12. The van der Waals surface area contributed by atoms with Crippen molar-refractivity contribution in [2.24, 2.45) is 0 Å². The zero-order chi connectivity index (χ0) is 14.6. The van der Waals surface area contributed by atoms with E-state index in [9.17, 15) is 18.0 Å². The second kappa shape index (κ2) is 6.13. The van der Waals surface area contributed by atoms with Crippen LogP contribution in [0.3, 0.4) is 0 Å². The summed E-state index contributed by atoms with van der Waals surface area (Å²) in [6.45, 7) is 1.82. The Morgan fingerprint density at radius 3 is 2.55 bits per heavy atom. The molecule has 1 unspecified atom stereocenters. The van der Waals surface area contributed by atoms with E-state index in [2.05, 4.69) is 16.0 Å². The zero-order valence-electron chi connectivity index (χ0n) is 10.8. The molecule has 0 aliphatic carbocycles. The number of hydrogen-bond acceptors (Lipinski definition) is 2. The minimum absolute atomic E-state index is 0.114. The fourth-order valence-electron chi connectivity index (χ4n) is 2.01. The van der Waals surface area contributed by atoms with Gasteiger partial charge in [0.2, 0.25) is 0 Å². The Kier molecular flexibility index (Phi) is 4.49. The van der Waals surface area contributed by atoms with Gasteiger partial charge in [0.1, 0.15) is 0 Å². The number of nitrogens with one attached hydrogen (secondary N) is 3. The van der Waals surface area contributed by atoms with Gasteiger partial charge < -0.3 is 16.0 Å². The van der Waals surface area contributed by atoms with Gasteiger partial charge in [0.05, 0.1) is 5.56 Å². The van der Waals surface area contributed by atoms with Crippen LogP contribution in [0.25, 0.3) is 0 Å². The summed E-state index contributed by atoms with van der Waals surface area (Å²) in [5.74, 6) is 0. The van der Waals surface area contributed by atoms with Gasteiger partial charge in [-0.15, -0.1) is 0 Å². The molecule has 1 heterocycles. The van der Waals surface area contributed by atoms with Gasteiger partial charge in [-0.1, -0.05) is 12.1 Å². The van der Waals surface area contributed by atoms with Crippen molar-refractivity contribution in [3.63, 3.8) is 0 Å². The molecular formula is C13H16F3N3O. The molecule has 0 spiro atoms. The summed E-state index contributed by atoms with van der Waals surface area (Å²) in [5.41, 5.74) is -0.0690. The maximum atomic E-state index is 12.4. The van der Waals surface area contributed by atoms with Crippen molar-refractivity contribution in [1.82, 2.24) is 16.0 Å². The van der Waals surface area contributed by atoms with Crippen LogP contribution in [0.2, 0.25) is 0 Å². The summed E-state index contributed by atoms with van der Waals surface area (Å²) in [5, 5.41) is 8.54. The number of carbonyl (C=O) groups is 1. The molecular weight excluding hydrogens is 271 g/mol. The van der Waals surface area contributed by atoms with E-state index in [1.54, 1.807) is 0 Å². The Labute approximate surface area is 114 Å². The summed E-state index contributed by atoms with van der Waals surface area (Å²) in [6.07, 6.45) is -3.45. The first-order valence-electron chi connectivity index (χ1n) is 6.36. The quantitative estimate of drug-likeness (QED) is 0.795. The molecule has 0 saturated carbocycles. The average Bonchev–Trinajstić information content (AvgIpc) is 2.88. The Morgan fingerprint density at radius 1 is 1.30 bits per heavy atom. The monoisotopic (exact) mass is 287 g/mol. The summed E-state index contributed by atoms with van der Waals surface area (Å²) in [6, 6.07) is 4.55. The van der Waals surface area contributed by atoms with Gasteiger partial charge in [-0.25, -0.2) is 4.79 Å². The molecule has 4 nitrogen and oxygen atoms in total. The number of halogens is 3. The molecule has 1 saturated heterocycles. The lowest BCUT2D eigenvalue weighted by atomic mass is 10.1. The molecule has 1 aliphatic heterocycles. The smallest absolute Gasteiger partial charge is 0.334 e. The van der Waals surface area contributed by atoms with Gasteiger partial charge in [-0.2, -0.15) is 13.2 Å². The van der Waals surface area contributed by atoms with E-state index in [-0.39, 0.29) is 18.6 Å². The van der Waals surface area contributed by atoms with Gasteiger partial charge >= 0.3 is 12.2 Å². The van der Waals surface area contributed by atoms with Crippen molar-refractivity contribution in [2.75, 3.05) is 13.1 Å². The predicted molar refractivity (Wildman–Crippen MR) is 68.1 cm³/mol. The summed E-state index contributed by atoms with van der Waals surface area (Å²) >= 11 is 0. The first kappa shape index (κ1) is 14.6. The lowest BCUT2D eigenvalue weighted by Crippen LogP contribution is -2.42. The second-order valence-corrected chi connectivity index (χ2v) is 4.71. The van der Waals surface area contributed by atoms with Gasteiger partial charge in [-0.05, 0) is 30.7 Å². The zero-order valence-corrected chi connectivity index (χ0v) is 10.8. The number of alkyl halides is 3. The highest BCUT2D eigenvalue weighted by Gasteiger charge is 2.29. The highest BCUT2D eigenvalue weighted by molar-refractivity contribution is 5.74. The summed E-state index contributed by atoms with van der Waals surface area (Å²) < 4.78 is 37.1.